The highest BCUT2D eigenvalue weighted by Crippen LogP contribution is 1.60. The first-order chi connectivity index (χ1) is 3.27. The van der Waals surface area contributed by atoms with Crippen molar-refractivity contribution >= 4 is 6.21 Å². The summed E-state index contributed by atoms with van der Waals surface area (Å²) in [6, 6.07) is 0. The molecule has 0 fully saturated rings. The van der Waals surface area contributed by atoms with Gasteiger partial charge < -0.3 is 5.21 Å². The van der Waals surface area contributed by atoms with Crippen molar-refractivity contribution in [2.24, 2.45) is 5.16 Å². The zero-order valence-electron chi connectivity index (χ0n) is 3.44. The lowest BCUT2D eigenvalue weighted by Gasteiger charge is -1.76. The summed E-state index contributed by atoms with van der Waals surface area (Å²) in [5.41, 5.74) is 0. The fourth-order valence-electron chi connectivity index (χ4n) is 0.103. The first kappa shape index (κ1) is 5.87. The Morgan fingerprint density at radius 2 is 2.57 bits per heavy atom. The van der Waals surface area contributed by atoms with E-state index < -0.39 is 11.5 Å². The fraction of sp³-hybridized carbons (Fsp3) is 0.500. The molecular weight excluding hydrogens is 100 g/mol. The van der Waals surface area contributed by atoms with Gasteiger partial charge in [0, 0.05) is 4.92 Å². The van der Waals surface area contributed by atoms with Crippen molar-refractivity contribution in [1.29, 1.82) is 0 Å². The second-order valence-corrected chi connectivity index (χ2v) is 0.813. The molecule has 0 heterocycles. The van der Waals surface area contributed by atoms with E-state index in [1.807, 2.05) is 0 Å². The smallest absolute Gasteiger partial charge is 0.242 e. The molecule has 1 N–H and O–H groups in total. The van der Waals surface area contributed by atoms with Crippen LogP contribution in [0.4, 0.5) is 0 Å². The number of oxime groups is 1. The lowest BCUT2D eigenvalue weighted by atomic mass is 10.8. The van der Waals surface area contributed by atoms with Crippen LogP contribution in [0, 0.1) is 10.1 Å². The van der Waals surface area contributed by atoms with Crippen molar-refractivity contribution in [2.75, 3.05) is 6.54 Å². The molecule has 7 heavy (non-hydrogen) atoms. The van der Waals surface area contributed by atoms with E-state index >= 15 is 0 Å². The van der Waals surface area contributed by atoms with Crippen LogP contribution in [0.3, 0.4) is 0 Å². The van der Waals surface area contributed by atoms with Gasteiger partial charge in [0.2, 0.25) is 6.54 Å². The quantitative estimate of drug-likeness (QED) is 0.226. The van der Waals surface area contributed by atoms with Crippen molar-refractivity contribution < 1.29 is 10.1 Å². The van der Waals surface area contributed by atoms with Crippen molar-refractivity contribution in [1.82, 2.24) is 0 Å². The normalized spacial score (nSPS) is 9.71. The van der Waals surface area contributed by atoms with Crippen LogP contribution in [-0.2, 0) is 0 Å². The summed E-state index contributed by atoms with van der Waals surface area (Å²) in [6.45, 7) is -0.420. The summed E-state index contributed by atoms with van der Waals surface area (Å²) in [5, 5.41) is 19.4. The van der Waals surface area contributed by atoms with Gasteiger partial charge in [0.25, 0.3) is 0 Å². The molecule has 0 saturated heterocycles. The molecule has 0 aromatic heterocycles. The third-order valence-corrected chi connectivity index (χ3v) is 0.312. The van der Waals surface area contributed by atoms with Gasteiger partial charge in [-0.05, 0) is 0 Å². The standard InChI is InChI=1S/C2H4N2O3/c5-3-1-2-4(6)7/h1,5H,2H2. The van der Waals surface area contributed by atoms with Crippen LogP contribution >= 0.6 is 0 Å². The second kappa shape index (κ2) is 3.08. The Bertz CT molecular complexity index is 88.9. The Morgan fingerprint density at radius 3 is 2.71 bits per heavy atom. The van der Waals surface area contributed by atoms with Gasteiger partial charge in [-0.2, -0.15) is 0 Å². The van der Waals surface area contributed by atoms with Crippen molar-refractivity contribution in [3.63, 3.8) is 0 Å². The largest absolute Gasteiger partial charge is 0.411 e. The average molecular weight is 104 g/mol. The van der Waals surface area contributed by atoms with Crippen LogP contribution in [0.5, 0.6) is 0 Å². The van der Waals surface area contributed by atoms with Crippen molar-refractivity contribution in [3.8, 4) is 0 Å². The molecule has 0 spiro atoms. The predicted molar refractivity (Wildman–Crippen MR) is 22.1 cm³/mol. The van der Waals surface area contributed by atoms with Gasteiger partial charge in [0.05, 0.1) is 0 Å². The lowest BCUT2D eigenvalue weighted by molar-refractivity contribution is -0.462. The predicted octanol–water partition coefficient (Wildman–Crippen LogP) is -0.277. The minimum atomic E-state index is -0.598. The molecule has 0 aliphatic heterocycles. The van der Waals surface area contributed by atoms with Crippen molar-refractivity contribution in [3.05, 3.63) is 10.1 Å². The van der Waals surface area contributed by atoms with Crippen LogP contribution in [0.1, 0.15) is 0 Å². The van der Waals surface area contributed by atoms with E-state index in [1.165, 1.54) is 0 Å². The summed E-state index contributed by atoms with van der Waals surface area (Å²) in [6.07, 6.45) is 0.806. The third-order valence-electron chi connectivity index (χ3n) is 0.312. The van der Waals surface area contributed by atoms with E-state index in [-0.39, 0.29) is 0 Å². The minimum absolute atomic E-state index is 0.420. The number of rotatable bonds is 2. The maximum absolute atomic E-state index is 9.36. The number of nitrogens with zero attached hydrogens (tertiary/aromatic N) is 2. The van der Waals surface area contributed by atoms with Gasteiger partial charge in [-0.1, -0.05) is 5.16 Å². The van der Waals surface area contributed by atoms with Gasteiger partial charge in [-0.25, -0.2) is 0 Å². The summed E-state index contributed by atoms with van der Waals surface area (Å²) >= 11 is 0. The Hall–Kier alpha value is -1.13. The molecule has 0 aromatic carbocycles. The molecule has 5 heteroatoms. The van der Waals surface area contributed by atoms with E-state index in [2.05, 4.69) is 5.16 Å². The van der Waals surface area contributed by atoms with Crippen LogP contribution in [0.15, 0.2) is 5.16 Å². The molecule has 5 nitrogen and oxygen atoms in total. The number of hydrogen-bond donors (Lipinski definition) is 1. The van der Waals surface area contributed by atoms with Gasteiger partial charge in [0.1, 0.15) is 6.21 Å². The molecule has 0 rings (SSSR count). The molecule has 0 saturated carbocycles. The highest BCUT2D eigenvalue weighted by atomic mass is 16.6. The fourth-order valence-corrected chi connectivity index (χ4v) is 0.103. The maximum Gasteiger partial charge on any atom is 0.242 e. The van der Waals surface area contributed by atoms with Crippen LogP contribution in [-0.4, -0.2) is 22.9 Å². The molecule has 0 amide bonds. The molecule has 0 aliphatic carbocycles. The molecule has 0 aromatic rings. The first-order valence-electron chi connectivity index (χ1n) is 1.55. The summed E-state index contributed by atoms with van der Waals surface area (Å²) in [4.78, 5) is 8.76. The SMILES string of the molecule is O=[N+]([O-])CC=NO. The van der Waals surface area contributed by atoms with Gasteiger partial charge in [-0.15, -0.1) is 0 Å². The van der Waals surface area contributed by atoms with Crippen LogP contribution in [0.25, 0.3) is 0 Å². The average Bonchev–Trinajstić information content (AvgIpc) is 1.61. The Balaban J connectivity index is 3.14. The number of hydrogen-bond acceptors (Lipinski definition) is 4. The summed E-state index contributed by atoms with van der Waals surface area (Å²) in [5.74, 6) is 0. The zero-order valence-corrected chi connectivity index (χ0v) is 3.44. The minimum Gasteiger partial charge on any atom is -0.411 e. The Morgan fingerprint density at radius 1 is 2.00 bits per heavy atom. The molecule has 0 unspecified atom stereocenters. The van der Waals surface area contributed by atoms with Gasteiger partial charge >= 0.3 is 0 Å². The van der Waals surface area contributed by atoms with E-state index in [0.29, 0.717) is 0 Å². The van der Waals surface area contributed by atoms with Crippen LogP contribution < -0.4 is 0 Å². The maximum atomic E-state index is 9.36. The molecule has 0 aliphatic rings. The van der Waals surface area contributed by atoms with E-state index in [4.69, 9.17) is 5.21 Å². The van der Waals surface area contributed by atoms with Gasteiger partial charge in [0.15, 0.2) is 0 Å². The molecule has 0 bridgehead atoms. The third kappa shape index (κ3) is 4.87. The number of nitro groups is 1. The topological polar surface area (TPSA) is 75.7 Å². The highest BCUT2D eigenvalue weighted by Gasteiger charge is 1.85. The molecule has 0 radical (unpaired) electrons. The van der Waals surface area contributed by atoms with E-state index in [9.17, 15) is 10.1 Å². The van der Waals surface area contributed by atoms with E-state index in [1.54, 1.807) is 0 Å². The van der Waals surface area contributed by atoms with Gasteiger partial charge in [-0.3, -0.25) is 10.1 Å². The van der Waals surface area contributed by atoms with Crippen molar-refractivity contribution in [2.45, 2.75) is 0 Å². The van der Waals surface area contributed by atoms with E-state index in [0.717, 1.165) is 6.21 Å². The van der Waals surface area contributed by atoms with Crippen LogP contribution in [0.2, 0.25) is 0 Å². The Labute approximate surface area is 39.4 Å². The summed E-state index contributed by atoms with van der Waals surface area (Å²) in [7, 11) is 0. The first-order valence-corrected chi connectivity index (χ1v) is 1.55. The highest BCUT2D eigenvalue weighted by molar-refractivity contribution is 5.56. The molecule has 40 valence electrons. The molecule has 0 atom stereocenters. The zero-order chi connectivity index (χ0) is 5.70. The monoisotopic (exact) mass is 104 g/mol. The second-order valence-electron chi connectivity index (χ2n) is 0.813. The lowest BCUT2D eigenvalue weighted by Crippen LogP contribution is -2.00. The summed E-state index contributed by atoms with van der Waals surface area (Å²) < 4.78 is 0. The molecular formula is C2H4N2O3. The Kier molecular flexibility index (Phi) is 2.58.